The molecule has 0 saturated heterocycles. The molecule has 1 amide bonds. The minimum atomic E-state index is -0.896. The van der Waals surface area contributed by atoms with Crippen LogP contribution in [0.15, 0.2) is 53.2 Å². The summed E-state index contributed by atoms with van der Waals surface area (Å²) in [7, 11) is 0. The van der Waals surface area contributed by atoms with E-state index < -0.39 is 6.10 Å². The van der Waals surface area contributed by atoms with Crippen LogP contribution in [0.1, 0.15) is 24.4 Å². The zero-order chi connectivity index (χ0) is 15.2. The number of aliphatic hydroxyl groups is 1. The van der Waals surface area contributed by atoms with E-state index in [1.807, 2.05) is 0 Å². The van der Waals surface area contributed by atoms with E-state index >= 15 is 0 Å². The number of hydrogen-bond donors (Lipinski definition) is 2. The number of furan rings is 1. The van der Waals surface area contributed by atoms with E-state index in [0.717, 1.165) is 0 Å². The summed E-state index contributed by atoms with van der Waals surface area (Å²) in [4.78, 5) is 11.8. The molecule has 0 aliphatic rings. The van der Waals surface area contributed by atoms with Crippen molar-refractivity contribution in [2.45, 2.75) is 13.0 Å². The molecule has 2 N–H and O–H groups in total. The van der Waals surface area contributed by atoms with E-state index in [0.29, 0.717) is 16.9 Å². The lowest BCUT2D eigenvalue weighted by Gasteiger charge is -2.08. The van der Waals surface area contributed by atoms with Gasteiger partial charge in [-0.15, -0.1) is 0 Å². The highest BCUT2D eigenvalue weighted by molar-refractivity contribution is 5.94. The summed E-state index contributed by atoms with van der Waals surface area (Å²) in [5, 5.41) is 12.3. The van der Waals surface area contributed by atoms with Gasteiger partial charge in [0.05, 0.1) is 12.8 Å². The second-order valence-corrected chi connectivity index (χ2v) is 4.61. The van der Waals surface area contributed by atoms with Crippen LogP contribution in [0.4, 0.5) is 4.39 Å². The molecule has 1 heterocycles. The second kappa shape index (κ2) is 6.85. The van der Waals surface area contributed by atoms with Gasteiger partial charge in [-0.3, -0.25) is 4.79 Å². The second-order valence-electron chi connectivity index (χ2n) is 4.61. The maximum absolute atomic E-state index is 13.1. The van der Waals surface area contributed by atoms with Gasteiger partial charge in [-0.2, -0.15) is 0 Å². The fourth-order valence-corrected chi connectivity index (χ4v) is 1.84. The standard InChI is InChI=1S/C16H16FNO3/c1-11(12-4-2-5-13(17)9-12)8-16(20)18-10-14(19)15-6-3-7-21-15/h2-9,14,19H,10H2,1H3,(H,18,20)/b11-8-. The van der Waals surface area contributed by atoms with E-state index in [1.54, 1.807) is 31.2 Å². The fourth-order valence-electron chi connectivity index (χ4n) is 1.84. The first-order chi connectivity index (χ1) is 10.1. The first kappa shape index (κ1) is 15.0. The van der Waals surface area contributed by atoms with Crippen molar-refractivity contribution < 1.29 is 18.7 Å². The molecule has 1 aromatic heterocycles. The molecule has 21 heavy (non-hydrogen) atoms. The molecule has 0 saturated carbocycles. The molecule has 0 aliphatic heterocycles. The van der Waals surface area contributed by atoms with Gasteiger partial charge in [0, 0.05) is 6.08 Å². The van der Waals surface area contributed by atoms with Crippen molar-refractivity contribution in [1.82, 2.24) is 5.32 Å². The van der Waals surface area contributed by atoms with Crippen LogP contribution in [0, 0.1) is 5.82 Å². The van der Waals surface area contributed by atoms with Gasteiger partial charge in [0.2, 0.25) is 5.91 Å². The number of amides is 1. The molecular weight excluding hydrogens is 273 g/mol. The van der Waals surface area contributed by atoms with Crippen LogP contribution in [-0.2, 0) is 4.79 Å². The highest BCUT2D eigenvalue weighted by Gasteiger charge is 2.11. The maximum Gasteiger partial charge on any atom is 0.244 e. The summed E-state index contributed by atoms with van der Waals surface area (Å²) in [5.74, 6) is -0.322. The molecule has 0 spiro atoms. The van der Waals surface area contributed by atoms with Crippen LogP contribution in [0.25, 0.3) is 5.57 Å². The van der Waals surface area contributed by atoms with Crippen molar-refractivity contribution in [3.63, 3.8) is 0 Å². The molecule has 1 aromatic carbocycles. The Labute approximate surface area is 121 Å². The molecule has 0 aliphatic carbocycles. The SMILES string of the molecule is C/C(=C/C(=O)NCC(O)c1ccco1)c1cccc(F)c1. The Hall–Kier alpha value is -2.40. The number of benzene rings is 1. The Morgan fingerprint density at radius 2 is 2.24 bits per heavy atom. The van der Waals surface area contributed by atoms with Crippen LogP contribution in [0.3, 0.4) is 0 Å². The number of carbonyl (C=O) groups excluding carboxylic acids is 1. The quantitative estimate of drug-likeness (QED) is 0.832. The Morgan fingerprint density at radius 3 is 2.90 bits per heavy atom. The van der Waals surface area contributed by atoms with Gasteiger partial charge in [-0.25, -0.2) is 4.39 Å². The molecule has 0 radical (unpaired) electrons. The average Bonchev–Trinajstić information content (AvgIpc) is 2.99. The molecule has 1 atom stereocenters. The van der Waals surface area contributed by atoms with Crippen LogP contribution in [-0.4, -0.2) is 17.6 Å². The fraction of sp³-hybridized carbons (Fsp3) is 0.188. The van der Waals surface area contributed by atoms with Crippen molar-refractivity contribution >= 4 is 11.5 Å². The summed E-state index contributed by atoms with van der Waals surface area (Å²) in [6.07, 6.45) is 1.92. The van der Waals surface area contributed by atoms with Gasteiger partial charge in [0.25, 0.3) is 0 Å². The number of halogens is 1. The van der Waals surface area contributed by atoms with Crippen LogP contribution in [0.2, 0.25) is 0 Å². The highest BCUT2D eigenvalue weighted by atomic mass is 19.1. The van der Waals surface area contributed by atoms with Gasteiger partial charge >= 0.3 is 0 Å². The third-order valence-electron chi connectivity index (χ3n) is 2.97. The van der Waals surface area contributed by atoms with Crippen molar-refractivity contribution in [3.05, 3.63) is 65.9 Å². The lowest BCUT2D eigenvalue weighted by molar-refractivity contribution is -0.116. The Morgan fingerprint density at radius 1 is 1.43 bits per heavy atom. The zero-order valence-electron chi connectivity index (χ0n) is 11.5. The minimum absolute atomic E-state index is 0.0409. The predicted molar refractivity (Wildman–Crippen MR) is 76.7 cm³/mol. The number of hydrogen-bond acceptors (Lipinski definition) is 3. The molecule has 0 bridgehead atoms. The third kappa shape index (κ3) is 4.29. The van der Waals surface area contributed by atoms with Gasteiger partial charge in [0.1, 0.15) is 17.7 Å². The smallest absolute Gasteiger partial charge is 0.244 e. The molecular formula is C16H16FNO3. The van der Waals surface area contributed by atoms with Crippen molar-refractivity contribution in [2.24, 2.45) is 0 Å². The zero-order valence-corrected chi connectivity index (χ0v) is 11.5. The van der Waals surface area contributed by atoms with Crippen molar-refractivity contribution in [2.75, 3.05) is 6.54 Å². The van der Waals surface area contributed by atoms with Crippen LogP contribution >= 0.6 is 0 Å². The first-order valence-electron chi connectivity index (χ1n) is 6.50. The normalized spacial score (nSPS) is 13.0. The van der Waals surface area contributed by atoms with Gasteiger partial charge < -0.3 is 14.8 Å². The van der Waals surface area contributed by atoms with E-state index in [1.165, 1.54) is 24.5 Å². The average molecular weight is 289 g/mol. The van der Waals surface area contributed by atoms with Crippen molar-refractivity contribution in [1.29, 1.82) is 0 Å². The number of aliphatic hydroxyl groups excluding tert-OH is 1. The molecule has 5 heteroatoms. The lowest BCUT2D eigenvalue weighted by Crippen LogP contribution is -2.26. The molecule has 4 nitrogen and oxygen atoms in total. The van der Waals surface area contributed by atoms with Gasteiger partial charge in [-0.1, -0.05) is 12.1 Å². The van der Waals surface area contributed by atoms with Crippen LogP contribution < -0.4 is 5.32 Å². The Bertz CT molecular complexity index is 635. The minimum Gasteiger partial charge on any atom is -0.467 e. The van der Waals surface area contributed by atoms with E-state index in [9.17, 15) is 14.3 Å². The Balaban J connectivity index is 1.93. The van der Waals surface area contributed by atoms with E-state index in [-0.39, 0.29) is 18.3 Å². The summed E-state index contributed by atoms with van der Waals surface area (Å²) in [6, 6.07) is 9.30. The highest BCUT2D eigenvalue weighted by Crippen LogP contribution is 2.15. The summed E-state index contributed by atoms with van der Waals surface area (Å²) in [6.45, 7) is 1.76. The molecule has 110 valence electrons. The Kier molecular flexibility index (Phi) is 4.90. The number of nitrogens with one attached hydrogen (secondary N) is 1. The summed E-state index contributed by atoms with van der Waals surface area (Å²) < 4.78 is 18.1. The molecule has 2 aromatic rings. The number of allylic oxidation sites excluding steroid dienone is 1. The summed E-state index contributed by atoms with van der Waals surface area (Å²) in [5.41, 5.74) is 1.27. The van der Waals surface area contributed by atoms with Crippen LogP contribution in [0.5, 0.6) is 0 Å². The lowest BCUT2D eigenvalue weighted by atomic mass is 10.1. The largest absolute Gasteiger partial charge is 0.467 e. The molecule has 1 unspecified atom stereocenters. The monoisotopic (exact) mass is 289 g/mol. The molecule has 2 rings (SSSR count). The van der Waals surface area contributed by atoms with Gasteiger partial charge in [0.15, 0.2) is 0 Å². The number of carbonyl (C=O) groups is 1. The third-order valence-corrected chi connectivity index (χ3v) is 2.97. The predicted octanol–water partition coefficient (Wildman–Crippen LogP) is 2.67. The topological polar surface area (TPSA) is 62.5 Å². The maximum atomic E-state index is 13.1. The first-order valence-corrected chi connectivity index (χ1v) is 6.50. The summed E-state index contributed by atoms with van der Waals surface area (Å²) >= 11 is 0. The van der Waals surface area contributed by atoms with E-state index in [4.69, 9.17) is 4.42 Å². The van der Waals surface area contributed by atoms with Gasteiger partial charge in [-0.05, 0) is 42.3 Å². The number of rotatable bonds is 5. The van der Waals surface area contributed by atoms with Crippen molar-refractivity contribution in [3.8, 4) is 0 Å². The molecule has 0 fully saturated rings. The van der Waals surface area contributed by atoms with E-state index in [2.05, 4.69) is 5.32 Å².